The second-order valence-corrected chi connectivity index (χ2v) is 4.89. The van der Waals surface area contributed by atoms with Crippen LogP contribution in [0.25, 0.3) is 0 Å². The average molecular weight is 263 g/mol. The average Bonchev–Trinajstić information content (AvgIpc) is 2.92. The molecule has 0 aliphatic carbocycles. The highest BCUT2D eigenvalue weighted by molar-refractivity contribution is 5.89. The Kier molecular flexibility index (Phi) is 3.48. The third-order valence-electron chi connectivity index (χ3n) is 3.61. The molecule has 2 fully saturated rings. The van der Waals surface area contributed by atoms with Gasteiger partial charge in [-0.25, -0.2) is 4.79 Å². The quantitative estimate of drug-likeness (QED) is 0.763. The van der Waals surface area contributed by atoms with Crippen LogP contribution in [0.2, 0.25) is 0 Å². The Bertz CT molecular complexity index is 442. The number of carbonyl (C=O) groups excluding carboxylic acids is 1. The highest BCUT2D eigenvalue weighted by atomic mass is 16.7. The van der Waals surface area contributed by atoms with Gasteiger partial charge in [-0.05, 0) is 31.4 Å². The van der Waals surface area contributed by atoms with Crippen molar-refractivity contribution in [2.45, 2.75) is 37.6 Å². The predicted molar refractivity (Wildman–Crippen MR) is 66.5 cm³/mol. The van der Waals surface area contributed by atoms with Crippen molar-refractivity contribution in [3.63, 3.8) is 0 Å². The first-order valence-electron chi connectivity index (χ1n) is 6.69. The summed E-state index contributed by atoms with van der Waals surface area (Å²) < 4.78 is 17.1. The molecule has 3 rings (SSSR count). The number of hydrogen-bond acceptors (Lipinski definition) is 5. The van der Waals surface area contributed by atoms with Gasteiger partial charge in [0.15, 0.2) is 6.10 Å². The van der Waals surface area contributed by atoms with Crippen molar-refractivity contribution in [3.05, 3.63) is 30.1 Å². The lowest BCUT2D eigenvalue weighted by atomic mass is 9.99. The van der Waals surface area contributed by atoms with Crippen molar-refractivity contribution in [2.24, 2.45) is 0 Å². The first-order valence-corrected chi connectivity index (χ1v) is 6.69. The van der Waals surface area contributed by atoms with E-state index in [9.17, 15) is 4.79 Å². The van der Waals surface area contributed by atoms with Crippen LogP contribution in [-0.2, 0) is 14.2 Å². The van der Waals surface area contributed by atoms with Gasteiger partial charge in [-0.15, -0.1) is 0 Å². The standard InChI is InChI=1S/C14H17NO4/c16-13(11-4-1-7-15-10-11)19-12-5-2-8-17-14(12)6-3-9-18-14/h1,4,7,10,12H,2-3,5-6,8-9H2. The van der Waals surface area contributed by atoms with E-state index in [1.807, 2.05) is 0 Å². The van der Waals surface area contributed by atoms with Crippen molar-refractivity contribution < 1.29 is 19.0 Å². The molecule has 3 heterocycles. The monoisotopic (exact) mass is 263 g/mol. The van der Waals surface area contributed by atoms with Gasteiger partial charge in [0.05, 0.1) is 18.8 Å². The van der Waals surface area contributed by atoms with Crippen LogP contribution in [0.5, 0.6) is 0 Å². The predicted octanol–water partition coefficient (Wildman–Crippen LogP) is 1.92. The van der Waals surface area contributed by atoms with E-state index in [2.05, 4.69) is 4.98 Å². The molecule has 2 unspecified atom stereocenters. The summed E-state index contributed by atoms with van der Waals surface area (Å²) in [5, 5.41) is 0. The van der Waals surface area contributed by atoms with E-state index in [1.165, 1.54) is 6.20 Å². The van der Waals surface area contributed by atoms with Gasteiger partial charge in [0.25, 0.3) is 0 Å². The number of hydrogen-bond donors (Lipinski definition) is 0. The molecule has 2 saturated heterocycles. The fourth-order valence-electron chi connectivity index (χ4n) is 2.66. The van der Waals surface area contributed by atoms with Crippen molar-refractivity contribution >= 4 is 5.97 Å². The lowest BCUT2D eigenvalue weighted by Crippen LogP contribution is -2.50. The first kappa shape index (κ1) is 12.6. The van der Waals surface area contributed by atoms with E-state index in [4.69, 9.17) is 14.2 Å². The van der Waals surface area contributed by atoms with Gasteiger partial charge in [0.1, 0.15) is 0 Å². The van der Waals surface area contributed by atoms with Crippen molar-refractivity contribution in [3.8, 4) is 0 Å². The summed E-state index contributed by atoms with van der Waals surface area (Å²) in [6, 6.07) is 3.41. The van der Waals surface area contributed by atoms with Crippen molar-refractivity contribution in [1.82, 2.24) is 4.98 Å². The van der Waals surface area contributed by atoms with Crippen LogP contribution >= 0.6 is 0 Å². The summed E-state index contributed by atoms with van der Waals surface area (Å²) in [4.78, 5) is 16.0. The molecule has 1 aromatic heterocycles. The number of ether oxygens (including phenoxy) is 3. The molecule has 102 valence electrons. The van der Waals surface area contributed by atoms with Gasteiger partial charge in [-0.1, -0.05) is 0 Å². The number of rotatable bonds is 2. The number of esters is 1. The van der Waals surface area contributed by atoms with Gasteiger partial charge in [-0.3, -0.25) is 4.98 Å². The van der Waals surface area contributed by atoms with Gasteiger partial charge in [0.2, 0.25) is 5.79 Å². The molecule has 0 aromatic carbocycles. The fraction of sp³-hybridized carbons (Fsp3) is 0.571. The van der Waals surface area contributed by atoms with E-state index in [0.717, 1.165) is 25.7 Å². The molecular formula is C14H17NO4. The minimum atomic E-state index is -0.712. The van der Waals surface area contributed by atoms with E-state index >= 15 is 0 Å². The molecular weight excluding hydrogens is 246 g/mol. The molecule has 2 aliphatic rings. The van der Waals surface area contributed by atoms with Crippen LogP contribution in [0.4, 0.5) is 0 Å². The maximum atomic E-state index is 12.1. The molecule has 2 aliphatic heterocycles. The summed E-state index contributed by atoms with van der Waals surface area (Å²) in [7, 11) is 0. The minimum Gasteiger partial charge on any atom is -0.453 e. The van der Waals surface area contributed by atoms with Crippen LogP contribution in [0.3, 0.4) is 0 Å². The Balaban J connectivity index is 1.72. The molecule has 19 heavy (non-hydrogen) atoms. The van der Waals surface area contributed by atoms with Gasteiger partial charge in [0, 0.05) is 18.8 Å². The minimum absolute atomic E-state index is 0.323. The largest absolute Gasteiger partial charge is 0.453 e. The number of aromatic nitrogens is 1. The molecule has 2 atom stereocenters. The normalized spacial score (nSPS) is 30.4. The van der Waals surface area contributed by atoms with Gasteiger partial charge in [-0.2, -0.15) is 0 Å². The zero-order valence-corrected chi connectivity index (χ0v) is 10.7. The summed E-state index contributed by atoms with van der Waals surface area (Å²) in [6.07, 6.45) is 6.22. The second-order valence-electron chi connectivity index (χ2n) is 4.89. The molecule has 0 amide bonds. The number of pyridine rings is 1. The summed E-state index contributed by atoms with van der Waals surface area (Å²) in [5.74, 6) is -1.07. The molecule has 5 nitrogen and oxygen atoms in total. The van der Waals surface area contributed by atoms with E-state index in [0.29, 0.717) is 18.8 Å². The number of nitrogens with zero attached hydrogens (tertiary/aromatic N) is 1. The third kappa shape index (κ3) is 2.48. The summed E-state index contributed by atoms with van der Waals surface area (Å²) in [5.41, 5.74) is 0.459. The fourth-order valence-corrected chi connectivity index (χ4v) is 2.66. The lowest BCUT2D eigenvalue weighted by Gasteiger charge is -2.39. The molecule has 5 heteroatoms. The Morgan fingerprint density at radius 2 is 2.21 bits per heavy atom. The Morgan fingerprint density at radius 1 is 1.37 bits per heavy atom. The zero-order valence-electron chi connectivity index (χ0n) is 10.7. The van der Waals surface area contributed by atoms with E-state index in [1.54, 1.807) is 18.3 Å². The zero-order chi connectivity index (χ0) is 13.1. The van der Waals surface area contributed by atoms with Crippen molar-refractivity contribution in [1.29, 1.82) is 0 Å². The van der Waals surface area contributed by atoms with Gasteiger partial charge >= 0.3 is 5.97 Å². The first-order chi connectivity index (χ1) is 9.30. The second kappa shape index (κ2) is 5.27. The summed E-state index contributed by atoms with van der Waals surface area (Å²) in [6.45, 7) is 1.34. The molecule has 1 aromatic rings. The smallest absolute Gasteiger partial charge is 0.340 e. The molecule has 0 radical (unpaired) electrons. The Morgan fingerprint density at radius 3 is 2.95 bits per heavy atom. The molecule has 0 saturated carbocycles. The molecule has 0 N–H and O–H groups in total. The van der Waals surface area contributed by atoms with Crippen LogP contribution in [0, 0.1) is 0 Å². The molecule has 1 spiro atoms. The highest BCUT2D eigenvalue weighted by Gasteiger charge is 2.48. The van der Waals surface area contributed by atoms with Crippen LogP contribution in [-0.4, -0.2) is 36.1 Å². The summed E-state index contributed by atoms with van der Waals surface area (Å²) >= 11 is 0. The maximum Gasteiger partial charge on any atom is 0.340 e. The van der Waals surface area contributed by atoms with E-state index < -0.39 is 5.79 Å². The Hall–Kier alpha value is -1.46. The van der Waals surface area contributed by atoms with Crippen LogP contribution in [0.1, 0.15) is 36.0 Å². The van der Waals surface area contributed by atoms with Crippen LogP contribution < -0.4 is 0 Å². The maximum absolute atomic E-state index is 12.1. The third-order valence-corrected chi connectivity index (χ3v) is 3.61. The van der Waals surface area contributed by atoms with Crippen LogP contribution in [0.15, 0.2) is 24.5 Å². The number of carbonyl (C=O) groups is 1. The van der Waals surface area contributed by atoms with Crippen molar-refractivity contribution in [2.75, 3.05) is 13.2 Å². The SMILES string of the molecule is O=C(OC1CCCOC12CCCO2)c1cccnc1. The van der Waals surface area contributed by atoms with Gasteiger partial charge < -0.3 is 14.2 Å². The topological polar surface area (TPSA) is 57.7 Å². The lowest BCUT2D eigenvalue weighted by molar-refractivity contribution is -0.277. The van der Waals surface area contributed by atoms with E-state index in [-0.39, 0.29) is 12.1 Å². The highest BCUT2D eigenvalue weighted by Crippen LogP contribution is 2.37. The Labute approximate surface area is 111 Å². The molecule has 0 bridgehead atoms.